The van der Waals surface area contributed by atoms with Gasteiger partial charge in [-0.25, -0.2) is 4.98 Å². The summed E-state index contributed by atoms with van der Waals surface area (Å²) in [6.45, 7) is 0. The maximum absolute atomic E-state index is 5.36. The molecule has 0 amide bonds. The normalized spacial score (nSPS) is 10.8. The van der Waals surface area contributed by atoms with Gasteiger partial charge in [-0.3, -0.25) is 0 Å². The molecule has 0 saturated heterocycles. The molecule has 2 aromatic heterocycles. The molecule has 2 heterocycles. The first-order chi connectivity index (χ1) is 7.90. The number of fused-ring (bicyclic) bond motifs is 1. The Morgan fingerprint density at radius 3 is 3.06 bits per heavy atom. The number of nitrogens with zero attached hydrogens (tertiary/aromatic N) is 1. The first-order valence-electron chi connectivity index (χ1n) is 4.84. The summed E-state index contributed by atoms with van der Waals surface area (Å²) in [5, 5.41) is 4.95. The van der Waals surface area contributed by atoms with Crippen molar-refractivity contribution < 1.29 is 9.15 Å². The van der Waals surface area contributed by atoms with E-state index in [1.807, 2.05) is 23.6 Å². The fourth-order valence-electron chi connectivity index (χ4n) is 1.76. The second-order valence-corrected chi connectivity index (χ2v) is 4.23. The van der Waals surface area contributed by atoms with Gasteiger partial charge >= 0.3 is 0 Å². The molecule has 3 rings (SSSR count). The van der Waals surface area contributed by atoms with Crippen molar-refractivity contribution in [3.05, 3.63) is 36.0 Å². The SMILES string of the molecule is COc1occ2cccc(-c3nccs3)c12. The highest BCUT2D eigenvalue weighted by Crippen LogP contribution is 2.37. The van der Waals surface area contributed by atoms with Gasteiger partial charge in [0.05, 0.1) is 12.5 Å². The van der Waals surface area contributed by atoms with E-state index in [4.69, 9.17) is 9.15 Å². The molecule has 1 aromatic carbocycles. The van der Waals surface area contributed by atoms with Crippen LogP contribution in [-0.2, 0) is 0 Å². The Labute approximate surface area is 96.3 Å². The molecular formula is C12H9NO2S. The molecule has 0 aliphatic heterocycles. The fraction of sp³-hybridized carbons (Fsp3) is 0.0833. The van der Waals surface area contributed by atoms with Crippen LogP contribution in [0.4, 0.5) is 0 Å². The van der Waals surface area contributed by atoms with E-state index in [0.717, 1.165) is 21.3 Å². The maximum atomic E-state index is 5.36. The van der Waals surface area contributed by atoms with E-state index in [9.17, 15) is 0 Å². The molecule has 3 aromatic rings. The van der Waals surface area contributed by atoms with Crippen molar-refractivity contribution in [1.29, 1.82) is 0 Å². The number of hydrogen-bond donors (Lipinski definition) is 0. The molecule has 0 unspecified atom stereocenters. The summed E-state index contributed by atoms with van der Waals surface area (Å²) in [6.07, 6.45) is 3.50. The van der Waals surface area contributed by atoms with Crippen molar-refractivity contribution in [3.63, 3.8) is 0 Å². The minimum atomic E-state index is 0.542. The molecular weight excluding hydrogens is 222 g/mol. The monoisotopic (exact) mass is 231 g/mol. The van der Waals surface area contributed by atoms with Gasteiger partial charge in [0, 0.05) is 22.5 Å². The van der Waals surface area contributed by atoms with E-state index in [2.05, 4.69) is 4.98 Å². The number of benzene rings is 1. The van der Waals surface area contributed by atoms with Crippen molar-refractivity contribution in [2.75, 3.05) is 7.11 Å². The average Bonchev–Trinajstić information content (AvgIpc) is 2.97. The highest BCUT2D eigenvalue weighted by Gasteiger charge is 2.13. The molecule has 0 radical (unpaired) electrons. The second-order valence-electron chi connectivity index (χ2n) is 3.33. The summed E-state index contributed by atoms with van der Waals surface area (Å²) in [6, 6.07) is 6.02. The van der Waals surface area contributed by atoms with Crippen molar-refractivity contribution in [2.45, 2.75) is 0 Å². The van der Waals surface area contributed by atoms with Crippen LogP contribution in [0.5, 0.6) is 5.95 Å². The number of furan rings is 1. The third-order valence-corrected chi connectivity index (χ3v) is 3.25. The number of aromatic nitrogens is 1. The molecule has 0 fully saturated rings. The maximum Gasteiger partial charge on any atom is 0.292 e. The molecule has 80 valence electrons. The Kier molecular flexibility index (Phi) is 2.15. The van der Waals surface area contributed by atoms with Gasteiger partial charge in [0.2, 0.25) is 0 Å². The van der Waals surface area contributed by atoms with Crippen LogP contribution in [0, 0.1) is 0 Å². The lowest BCUT2D eigenvalue weighted by molar-refractivity contribution is 0.310. The largest absolute Gasteiger partial charge is 0.468 e. The van der Waals surface area contributed by atoms with Crippen LogP contribution in [0.3, 0.4) is 0 Å². The van der Waals surface area contributed by atoms with Crippen molar-refractivity contribution in [1.82, 2.24) is 4.98 Å². The molecule has 0 spiro atoms. The number of thiazole rings is 1. The third kappa shape index (κ3) is 1.31. The lowest BCUT2D eigenvalue weighted by Crippen LogP contribution is -1.82. The predicted molar refractivity (Wildman–Crippen MR) is 63.9 cm³/mol. The van der Waals surface area contributed by atoms with Gasteiger partial charge in [-0.05, 0) is 0 Å². The Bertz CT molecular complexity index is 613. The Hall–Kier alpha value is -1.81. The molecule has 0 atom stereocenters. The van der Waals surface area contributed by atoms with Gasteiger partial charge in [-0.15, -0.1) is 11.3 Å². The molecule has 0 N–H and O–H groups in total. The van der Waals surface area contributed by atoms with Crippen LogP contribution < -0.4 is 4.74 Å². The molecule has 3 nitrogen and oxygen atoms in total. The van der Waals surface area contributed by atoms with E-state index < -0.39 is 0 Å². The highest BCUT2D eigenvalue weighted by molar-refractivity contribution is 7.13. The molecule has 0 bridgehead atoms. The van der Waals surface area contributed by atoms with Crippen LogP contribution >= 0.6 is 11.3 Å². The Balaban J connectivity index is 2.35. The zero-order valence-corrected chi connectivity index (χ0v) is 9.45. The lowest BCUT2D eigenvalue weighted by atomic mass is 10.1. The summed E-state index contributed by atoms with van der Waals surface area (Å²) in [5.74, 6) is 0.542. The summed E-state index contributed by atoms with van der Waals surface area (Å²) >= 11 is 1.61. The van der Waals surface area contributed by atoms with E-state index in [1.165, 1.54) is 0 Å². The number of hydrogen-bond acceptors (Lipinski definition) is 4. The zero-order valence-electron chi connectivity index (χ0n) is 8.64. The standard InChI is InChI=1S/C12H9NO2S/c1-14-12-10-8(7-15-12)3-2-4-9(10)11-13-5-6-16-11/h2-7H,1H3. The van der Waals surface area contributed by atoms with E-state index in [1.54, 1.807) is 30.9 Å². The van der Waals surface area contributed by atoms with Gasteiger partial charge in [0.25, 0.3) is 5.95 Å². The Morgan fingerprint density at radius 2 is 2.31 bits per heavy atom. The van der Waals surface area contributed by atoms with Gasteiger partial charge in [0.1, 0.15) is 11.3 Å². The summed E-state index contributed by atoms with van der Waals surface area (Å²) < 4.78 is 10.6. The van der Waals surface area contributed by atoms with Crippen molar-refractivity contribution in [2.24, 2.45) is 0 Å². The molecule has 16 heavy (non-hydrogen) atoms. The third-order valence-electron chi connectivity index (χ3n) is 2.44. The first kappa shape index (κ1) is 9.42. The average molecular weight is 231 g/mol. The Morgan fingerprint density at radius 1 is 1.38 bits per heavy atom. The minimum absolute atomic E-state index is 0.542. The molecule has 4 heteroatoms. The van der Waals surface area contributed by atoms with Gasteiger partial charge in [0.15, 0.2) is 0 Å². The quantitative estimate of drug-likeness (QED) is 0.676. The van der Waals surface area contributed by atoms with Crippen LogP contribution in [0.25, 0.3) is 21.3 Å². The number of methoxy groups -OCH3 is 1. The van der Waals surface area contributed by atoms with E-state index in [0.29, 0.717) is 5.95 Å². The number of ether oxygens (including phenoxy) is 1. The number of rotatable bonds is 2. The van der Waals surface area contributed by atoms with Crippen molar-refractivity contribution in [3.8, 4) is 16.5 Å². The van der Waals surface area contributed by atoms with Crippen LogP contribution in [0.15, 0.2) is 40.5 Å². The molecule has 0 aliphatic carbocycles. The molecule has 0 aliphatic rings. The van der Waals surface area contributed by atoms with Crippen molar-refractivity contribution >= 4 is 22.1 Å². The van der Waals surface area contributed by atoms with E-state index >= 15 is 0 Å². The summed E-state index contributed by atoms with van der Waals surface area (Å²) in [7, 11) is 1.61. The smallest absolute Gasteiger partial charge is 0.292 e. The molecule has 0 saturated carbocycles. The van der Waals surface area contributed by atoms with Gasteiger partial charge in [-0.2, -0.15) is 0 Å². The zero-order chi connectivity index (χ0) is 11.0. The summed E-state index contributed by atoms with van der Waals surface area (Å²) in [5.41, 5.74) is 1.05. The van der Waals surface area contributed by atoms with Crippen LogP contribution in [0.1, 0.15) is 0 Å². The topological polar surface area (TPSA) is 35.3 Å². The predicted octanol–water partition coefficient (Wildman–Crippen LogP) is 3.56. The van der Waals surface area contributed by atoms with Crippen LogP contribution in [-0.4, -0.2) is 12.1 Å². The first-order valence-corrected chi connectivity index (χ1v) is 5.72. The van der Waals surface area contributed by atoms with Gasteiger partial charge in [-0.1, -0.05) is 18.2 Å². The second kappa shape index (κ2) is 3.64. The lowest BCUT2D eigenvalue weighted by Gasteiger charge is -2.00. The van der Waals surface area contributed by atoms with Gasteiger partial charge < -0.3 is 9.15 Å². The van der Waals surface area contributed by atoms with Crippen LogP contribution in [0.2, 0.25) is 0 Å². The summed E-state index contributed by atoms with van der Waals surface area (Å²) in [4.78, 5) is 4.31. The fourth-order valence-corrected chi connectivity index (χ4v) is 2.43. The van der Waals surface area contributed by atoms with E-state index in [-0.39, 0.29) is 0 Å². The minimum Gasteiger partial charge on any atom is -0.468 e. The highest BCUT2D eigenvalue weighted by atomic mass is 32.1.